The van der Waals surface area contributed by atoms with E-state index in [0.29, 0.717) is 31.2 Å². The zero-order valence-corrected chi connectivity index (χ0v) is 16.4. The summed E-state index contributed by atoms with van der Waals surface area (Å²) in [5.74, 6) is -0.227. The average Bonchev–Trinajstić information content (AvgIpc) is 3.12. The number of nitrogens with zero attached hydrogens (tertiary/aromatic N) is 3. The minimum atomic E-state index is -0.833. The number of fused-ring (bicyclic) bond motifs is 5. The maximum atomic E-state index is 13.1. The summed E-state index contributed by atoms with van der Waals surface area (Å²) in [5.41, 5.74) is 3.82. The molecular formula is C20H25N5O4. The number of carboxylic acids is 1. The van der Waals surface area contributed by atoms with Crippen LogP contribution in [-0.4, -0.2) is 56.3 Å². The van der Waals surface area contributed by atoms with E-state index in [-0.39, 0.29) is 17.4 Å². The highest BCUT2D eigenvalue weighted by atomic mass is 16.4. The maximum Gasteiger partial charge on any atom is 0.300 e. The fourth-order valence-electron chi connectivity index (χ4n) is 4.63. The van der Waals surface area contributed by atoms with Crippen molar-refractivity contribution in [3.05, 3.63) is 51.2 Å². The van der Waals surface area contributed by atoms with Crippen molar-refractivity contribution < 1.29 is 14.7 Å². The van der Waals surface area contributed by atoms with Crippen molar-refractivity contribution in [2.45, 2.75) is 38.8 Å². The van der Waals surface area contributed by atoms with Crippen molar-refractivity contribution in [2.24, 2.45) is 5.92 Å². The number of aromatic nitrogens is 3. The third kappa shape index (κ3) is 3.82. The molecular weight excluding hydrogens is 374 g/mol. The third-order valence-corrected chi connectivity index (χ3v) is 5.78. The summed E-state index contributed by atoms with van der Waals surface area (Å²) in [6, 6.07) is 5.47. The summed E-state index contributed by atoms with van der Waals surface area (Å²) in [4.78, 5) is 36.2. The lowest BCUT2D eigenvalue weighted by Crippen LogP contribution is -2.49. The second-order valence-corrected chi connectivity index (χ2v) is 7.88. The molecule has 2 atom stereocenters. The minimum Gasteiger partial charge on any atom is -0.481 e. The summed E-state index contributed by atoms with van der Waals surface area (Å²) in [7, 11) is 0. The number of likely N-dealkylation sites (tertiary alicyclic amines) is 1. The van der Waals surface area contributed by atoms with Crippen molar-refractivity contribution in [1.82, 2.24) is 25.0 Å². The summed E-state index contributed by atoms with van der Waals surface area (Å²) in [6.07, 6.45) is 1.89. The predicted molar refractivity (Wildman–Crippen MR) is 105 cm³/mol. The predicted octanol–water partition coefficient (Wildman–Crippen LogP) is 0.568. The molecule has 3 N–H and O–H groups in total. The standard InChI is InChI=1S/C18H21N5O2.C2H4O2/c24-16-3-1-2-15-12-6-11(9-23(15)16)8-22(10-12)18(25)17-13-4-5-19-7-14(13)20-21-17;1-2(3)4/h1-3,11-12,19H,4-10H2,(H,20,21);1H3,(H,3,4)/t11-,12+;/m0./s1. The lowest BCUT2D eigenvalue weighted by molar-refractivity contribution is -0.134. The van der Waals surface area contributed by atoms with Gasteiger partial charge < -0.3 is 19.9 Å². The number of carbonyl (C=O) groups is 2. The first kappa shape index (κ1) is 19.4. The molecule has 0 saturated carbocycles. The highest BCUT2D eigenvalue weighted by Crippen LogP contribution is 2.35. The molecule has 0 spiro atoms. The molecule has 0 aliphatic carbocycles. The van der Waals surface area contributed by atoms with Crippen LogP contribution in [0.4, 0.5) is 0 Å². The molecule has 1 amide bonds. The monoisotopic (exact) mass is 399 g/mol. The SMILES string of the molecule is CC(=O)O.O=C(c1n[nH]c2c1CCNC2)N1C[C@@H]2C[C@H](C1)c1cccc(=O)n1C2. The van der Waals surface area contributed by atoms with Crippen LogP contribution in [0.15, 0.2) is 23.0 Å². The van der Waals surface area contributed by atoms with Gasteiger partial charge in [0.25, 0.3) is 17.4 Å². The van der Waals surface area contributed by atoms with E-state index >= 15 is 0 Å². The highest BCUT2D eigenvalue weighted by Gasteiger charge is 2.37. The summed E-state index contributed by atoms with van der Waals surface area (Å²) in [5, 5.41) is 18.0. The lowest BCUT2D eigenvalue weighted by atomic mass is 9.83. The quantitative estimate of drug-likeness (QED) is 0.645. The molecule has 1 fully saturated rings. The molecule has 2 aromatic rings. The van der Waals surface area contributed by atoms with E-state index < -0.39 is 5.97 Å². The van der Waals surface area contributed by atoms with E-state index in [9.17, 15) is 9.59 Å². The molecule has 0 radical (unpaired) electrons. The van der Waals surface area contributed by atoms with Crippen LogP contribution in [0.5, 0.6) is 0 Å². The number of hydrogen-bond acceptors (Lipinski definition) is 5. The van der Waals surface area contributed by atoms with Crippen LogP contribution in [0, 0.1) is 5.92 Å². The first-order valence-corrected chi connectivity index (χ1v) is 9.89. The van der Waals surface area contributed by atoms with Gasteiger partial charge in [0.05, 0.1) is 5.69 Å². The van der Waals surface area contributed by atoms with Gasteiger partial charge in [0.2, 0.25) is 0 Å². The molecule has 2 aromatic heterocycles. The lowest BCUT2D eigenvalue weighted by Gasteiger charge is -2.42. The number of piperidine rings is 1. The van der Waals surface area contributed by atoms with Crippen molar-refractivity contribution in [1.29, 1.82) is 0 Å². The Morgan fingerprint density at radius 1 is 1.24 bits per heavy atom. The van der Waals surface area contributed by atoms with Crippen LogP contribution < -0.4 is 10.9 Å². The first-order valence-electron chi connectivity index (χ1n) is 9.89. The number of hydrogen-bond donors (Lipinski definition) is 3. The Kier molecular flexibility index (Phi) is 5.23. The van der Waals surface area contributed by atoms with Gasteiger partial charge in [0.15, 0.2) is 5.69 Å². The molecule has 9 heteroatoms. The smallest absolute Gasteiger partial charge is 0.300 e. The van der Waals surface area contributed by atoms with Gasteiger partial charge in [-0.25, -0.2) is 0 Å². The number of H-pyrrole nitrogens is 1. The maximum absolute atomic E-state index is 13.1. The third-order valence-electron chi connectivity index (χ3n) is 5.78. The highest BCUT2D eigenvalue weighted by molar-refractivity contribution is 5.94. The van der Waals surface area contributed by atoms with E-state index in [1.54, 1.807) is 6.07 Å². The van der Waals surface area contributed by atoms with Crippen molar-refractivity contribution >= 4 is 11.9 Å². The topological polar surface area (TPSA) is 120 Å². The Balaban J connectivity index is 0.000000472. The van der Waals surface area contributed by atoms with Gasteiger partial charge in [0, 0.05) is 56.3 Å². The Labute approximate surface area is 167 Å². The number of aromatic amines is 1. The van der Waals surface area contributed by atoms with Gasteiger partial charge in [-0.1, -0.05) is 6.07 Å². The Hall–Kier alpha value is -2.94. The summed E-state index contributed by atoms with van der Waals surface area (Å²) < 4.78 is 1.89. The van der Waals surface area contributed by atoms with Crippen molar-refractivity contribution in [2.75, 3.05) is 19.6 Å². The zero-order chi connectivity index (χ0) is 20.5. The van der Waals surface area contributed by atoms with Gasteiger partial charge in [-0.2, -0.15) is 5.10 Å². The van der Waals surface area contributed by atoms with Crippen LogP contribution in [0.25, 0.3) is 0 Å². The van der Waals surface area contributed by atoms with Crippen LogP contribution in [0.2, 0.25) is 0 Å². The number of carboxylic acid groups (broad SMARTS) is 1. The van der Waals surface area contributed by atoms with E-state index in [4.69, 9.17) is 9.90 Å². The van der Waals surface area contributed by atoms with Crippen LogP contribution in [-0.2, 0) is 24.3 Å². The average molecular weight is 399 g/mol. The van der Waals surface area contributed by atoms with E-state index in [1.165, 1.54) is 0 Å². The van der Waals surface area contributed by atoms with Gasteiger partial charge in [-0.15, -0.1) is 0 Å². The van der Waals surface area contributed by atoms with E-state index in [0.717, 1.165) is 49.8 Å². The molecule has 9 nitrogen and oxygen atoms in total. The molecule has 2 bridgehead atoms. The van der Waals surface area contributed by atoms with Crippen LogP contribution in [0.3, 0.4) is 0 Å². The number of amides is 1. The van der Waals surface area contributed by atoms with Crippen molar-refractivity contribution in [3.63, 3.8) is 0 Å². The molecule has 3 aliphatic heterocycles. The Morgan fingerprint density at radius 2 is 2.03 bits per heavy atom. The number of rotatable bonds is 1. The van der Waals surface area contributed by atoms with Gasteiger partial charge in [-0.3, -0.25) is 19.5 Å². The molecule has 5 rings (SSSR count). The molecule has 1 saturated heterocycles. The molecule has 0 unspecified atom stereocenters. The molecule has 154 valence electrons. The van der Waals surface area contributed by atoms with Gasteiger partial charge in [-0.05, 0) is 31.4 Å². The summed E-state index contributed by atoms with van der Waals surface area (Å²) >= 11 is 0. The molecule has 5 heterocycles. The van der Waals surface area contributed by atoms with Crippen LogP contribution >= 0.6 is 0 Å². The Bertz CT molecular complexity index is 991. The van der Waals surface area contributed by atoms with Crippen molar-refractivity contribution in [3.8, 4) is 0 Å². The fraction of sp³-hybridized carbons (Fsp3) is 0.500. The second kappa shape index (κ2) is 7.82. The van der Waals surface area contributed by atoms with Gasteiger partial charge >= 0.3 is 0 Å². The van der Waals surface area contributed by atoms with E-state index in [1.807, 2.05) is 21.6 Å². The minimum absolute atomic E-state index is 0.0285. The van der Waals surface area contributed by atoms with Gasteiger partial charge in [0.1, 0.15) is 0 Å². The molecule has 29 heavy (non-hydrogen) atoms. The normalized spacial score (nSPS) is 22.0. The summed E-state index contributed by atoms with van der Waals surface area (Å²) in [6.45, 7) is 4.79. The molecule has 0 aromatic carbocycles. The van der Waals surface area contributed by atoms with Crippen LogP contribution in [0.1, 0.15) is 46.7 Å². The Morgan fingerprint density at radius 3 is 2.83 bits per heavy atom. The fourth-order valence-corrected chi connectivity index (χ4v) is 4.63. The largest absolute Gasteiger partial charge is 0.481 e. The first-order chi connectivity index (χ1) is 13.9. The number of pyridine rings is 1. The number of nitrogens with one attached hydrogen (secondary N) is 2. The zero-order valence-electron chi connectivity index (χ0n) is 16.4. The van der Waals surface area contributed by atoms with E-state index in [2.05, 4.69) is 15.5 Å². The second-order valence-electron chi connectivity index (χ2n) is 7.88. The number of aliphatic carboxylic acids is 1. The molecule has 3 aliphatic rings. The number of carbonyl (C=O) groups excluding carboxylic acids is 1.